The maximum absolute atomic E-state index is 10.8. The van der Waals surface area contributed by atoms with Gasteiger partial charge >= 0.3 is 0 Å². The quantitative estimate of drug-likeness (QED) is 0.612. The van der Waals surface area contributed by atoms with Gasteiger partial charge in [-0.3, -0.25) is 10.1 Å². The molecule has 10 nitrogen and oxygen atoms in total. The molecule has 122 valence electrons. The van der Waals surface area contributed by atoms with Crippen LogP contribution in [0.3, 0.4) is 0 Å². The lowest BCUT2D eigenvalue weighted by atomic mass is 10.3. The number of hydrogen-bond donors (Lipinski definition) is 1. The smallest absolute Gasteiger partial charge is 0.273 e. The molecule has 2 rings (SSSR count). The van der Waals surface area contributed by atoms with Crippen molar-refractivity contribution in [2.24, 2.45) is 0 Å². The van der Waals surface area contributed by atoms with Crippen molar-refractivity contribution in [3.05, 3.63) is 34.1 Å². The predicted octanol–water partition coefficient (Wildman–Crippen LogP) is 1.02. The van der Waals surface area contributed by atoms with Crippen LogP contribution >= 0.6 is 0 Å². The summed E-state index contributed by atoms with van der Waals surface area (Å²) in [5.41, 5.74) is 5.52. The Kier molecular flexibility index (Phi) is 4.74. The SMILES string of the molecule is COc1ccc([N+](=O)[O-])cc1OCc1nc(N)nc(N(C)C)n1. The molecule has 10 heteroatoms. The number of non-ortho nitro benzene ring substituents is 1. The van der Waals surface area contributed by atoms with E-state index in [0.29, 0.717) is 17.5 Å². The fourth-order valence-electron chi connectivity index (χ4n) is 1.72. The summed E-state index contributed by atoms with van der Waals surface area (Å²) in [6, 6.07) is 4.06. The van der Waals surface area contributed by atoms with Crippen LogP contribution < -0.4 is 20.1 Å². The third kappa shape index (κ3) is 3.93. The fourth-order valence-corrected chi connectivity index (χ4v) is 1.72. The molecule has 0 spiro atoms. The molecule has 0 unspecified atom stereocenters. The zero-order valence-corrected chi connectivity index (χ0v) is 12.9. The lowest BCUT2D eigenvalue weighted by Gasteiger charge is -2.13. The van der Waals surface area contributed by atoms with Crippen molar-refractivity contribution >= 4 is 17.6 Å². The first kappa shape index (κ1) is 16.2. The largest absolute Gasteiger partial charge is 0.493 e. The van der Waals surface area contributed by atoms with Gasteiger partial charge in [0.05, 0.1) is 18.1 Å². The summed E-state index contributed by atoms with van der Waals surface area (Å²) in [5.74, 6) is 1.34. The van der Waals surface area contributed by atoms with Crippen molar-refractivity contribution in [1.82, 2.24) is 15.0 Å². The molecule has 2 aromatic rings. The van der Waals surface area contributed by atoms with Gasteiger partial charge in [-0.15, -0.1) is 0 Å². The van der Waals surface area contributed by atoms with E-state index in [9.17, 15) is 10.1 Å². The van der Waals surface area contributed by atoms with Gasteiger partial charge in [0.15, 0.2) is 17.3 Å². The second kappa shape index (κ2) is 6.73. The predicted molar refractivity (Wildman–Crippen MR) is 82.5 cm³/mol. The van der Waals surface area contributed by atoms with Gasteiger partial charge in [-0.05, 0) is 6.07 Å². The first-order valence-corrected chi connectivity index (χ1v) is 6.53. The summed E-state index contributed by atoms with van der Waals surface area (Å²) in [5, 5.41) is 10.8. The second-order valence-electron chi connectivity index (χ2n) is 4.69. The minimum absolute atomic E-state index is 0.0366. The molecule has 2 N–H and O–H groups in total. The molecule has 1 aromatic carbocycles. The normalized spacial score (nSPS) is 10.2. The summed E-state index contributed by atoms with van der Waals surface area (Å²) in [6.07, 6.45) is 0. The van der Waals surface area contributed by atoms with Gasteiger partial charge in [-0.1, -0.05) is 0 Å². The van der Waals surface area contributed by atoms with Crippen LogP contribution in [-0.2, 0) is 6.61 Å². The second-order valence-corrected chi connectivity index (χ2v) is 4.69. The first-order valence-electron chi connectivity index (χ1n) is 6.53. The van der Waals surface area contributed by atoms with E-state index in [-0.39, 0.29) is 24.0 Å². The monoisotopic (exact) mass is 320 g/mol. The van der Waals surface area contributed by atoms with Crippen LogP contribution in [0.5, 0.6) is 11.5 Å². The molecule has 0 fully saturated rings. The Balaban J connectivity index is 2.23. The third-order valence-electron chi connectivity index (χ3n) is 2.80. The average molecular weight is 320 g/mol. The Bertz CT molecular complexity index is 722. The molecule has 1 aromatic heterocycles. The first-order chi connectivity index (χ1) is 10.9. The Labute approximate surface area is 132 Å². The summed E-state index contributed by atoms with van der Waals surface area (Å²) in [4.78, 5) is 24.1. The van der Waals surface area contributed by atoms with E-state index < -0.39 is 4.92 Å². The molecular formula is C13H16N6O4. The van der Waals surface area contributed by atoms with Crippen LogP contribution in [0.4, 0.5) is 17.6 Å². The van der Waals surface area contributed by atoms with Gasteiger partial charge < -0.3 is 20.1 Å². The zero-order chi connectivity index (χ0) is 17.0. The summed E-state index contributed by atoms with van der Waals surface area (Å²) < 4.78 is 10.7. The molecule has 0 atom stereocenters. The molecule has 0 saturated heterocycles. The Morgan fingerprint density at radius 2 is 2.00 bits per heavy atom. The number of ether oxygens (including phenoxy) is 2. The van der Waals surface area contributed by atoms with Crippen molar-refractivity contribution in [1.29, 1.82) is 0 Å². The van der Waals surface area contributed by atoms with E-state index in [2.05, 4.69) is 15.0 Å². The number of anilines is 2. The highest BCUT2D eigenvalue weighted by atomic mass is 16.6. The van der Waals surface area contributed by atoms with Crippen molar-refractivity contribution < 1.29 is 14.4 Å². The number of rotatable bonds is 6. The number of nitrogen functional groups attached to an aromatic ring is 1. The van der Waals surface area contributed by atoms with Gasteiger partial charge in [0.25, 0.3) is 5.69 Å². The summed E-state index contributed by atoms with van der Waals surface area (Å²) in [7, 11) is 4.98. The maximum Gasteiger partial charge on any atom is 0.273 e. The number of nitrogens with two attached hydrogens (primary N) is 1. The van der Waals surface area contributed by atoms with Gasteiger partial charge in [0.1, 0.15) is 6.61 Å². The lowest BCUT2D eigenvalue weighted by Crippen LogP contribution is -2.17. The maximum atomic E-state index is 10.8. The van der Waals surface area contributed by atoms with E-state index in [4.69, 9.17) is 15.2 Å². The van der Waals surface area contributed by atoms with E-state index in [1.807, 2.05) is 0 Å². The summed E-state index contributed by atoms with van der Waals surface area (Å²) >= 11 is 0. The Morgan fingerprint density at radius 3 is 2.61 bits per heavy atom. The number of nitro groups is 1. The number of nitrogens with zero attached hydrogens (tertiary/aromatic N) is 5. The highest BCUT2D eigenvalue weighted by Crippen LogP contribution is 2.31. The molecule has 23 heavy (non-hydrogen) atoms. The van der Waals surface area contributed by atoms with E-state index in [1.54, 1.807) is 19.0 Å². The lowest BCUT2D eigenvalue weighted by molar-refractivity contribution is -0.385. The molecule has 0 saturated carbocycles. The van der Waals surface area contributed by atoms with Crippen molar-refractivity contribution in [2.45, 2.75) is 6.61 Å². The van der Waals surface area contributed by atoms with E-state index in [0.717, 1.165) is 0 Å². The zero-order valence-electron chi connectivity index (χ0n) is 12.9. The van der Waals surface area contributed by atoms with Gasteiger partial charge in [-0.25, -0.2) is 0 Å². The molecule has 0 bridgehead atoms. The molecule has 0 radical (unpaired) electrons. The Hall–Kier alpha value is -3.17. The van der Waals surface area contributed by atoms with Crippen LogP contribution in [-0.4, -0.2) is 41.1 Å². The summed E-state index contributed by atoms with van der Waals surface area (Å²) in [6.45, 7) is -0.0366. The number of hydrogen-bond acceptors (Lipinski definition) is 9. The number of aromatic nitrogens is 3. The van der Waals surface area contributed by atoms with Crippen molar-refractivity contribution in [2.75, 3.05) is 31.8 Å². The van der Waals surface area contributed by atoms with Gasteiger partial charge in [0, 0.05) is 20.2 Å². The molecule has 0 amide bonds. The van der Waals surface area contributed by atoms with Crippen LogP contribution in [0, 0.1) is 10.1 Å². The van der Waals surface area contributed by atoms with E-state index >= 15 is 0 Å². The van der Waals surface area contributed by atoms with Crippen molar-refractivity contribution in [3.8, 4) is 11.5 Å². The van der Waals surface area contributed by atoms with Crippen LogP contribution in [0.1, 0.15) is 5.82 Å². The van der Waals surface area contributed by atoms with Crippen molar-refractivity contribution in [3.63, 3.8) is 0 Å². The number of nitro benzene ring substituents is 1. The minimum Gasteiger partial charge on any atom is -0.493 e. The van der Waals surface area contributed by atoms with E-state index in [1.165, 1.54) is 25.3 Å². The fraction of sp³-hybridized carbons (Fsp3) is 0.308. The highest BCUT2D eigenvalue weighted by Gasteiger charge is 2.14. The average Bonchev–Trinajstić information content (AvgIpc) is 2.51. The molecular weight excluding hydrogens is 304 g/mol. The van der Waals surface area contributed by atoms with Crippen LogP contribution in [0.25, 0.3) is 0 Å². The highest BCUT2D eigenvalue weighted by molar-refractivity contribution is 5.48. The van der Waals surface area contributed by atoms with Crippen LogP contribution in [0.15, 0.2) is 18.2 Å². The topological polar surface area (TPSA) is 130 Å². The van der Waals surface area contributed by atoms with Crippen LogP contribution in [0.2, 0.25) is 0 Å². The number of benzene rings is 1. The standard InChI is InChI=1S/C13H16N6O4/c1-18(2)13-16-11(15-12(14)17-13)7-23-10-6-8(19(20)21)4-5-9(10)22-3/h4-6H,7H2,1-3H3,(H2,14,15,16,17). The van der Waals surface area contributed by atoms with Gasteiger partial charge in [-0.2, -0.15) is 15.0 Å². The number of methoxy groups -OCH3 is 1. The Morgan fingerprint density at radius 1 is 1.26 bits per heavy atom. The molecule has 0 aliphatic heterocycles. The van der Waals surface area contributed by atoms with Gasteiger partial charge in [0.2, 0.25) is 11.9 Å². The molecule has 1 heterocycles. The third-order valence-corrected chi connectivity index (χ3v) is 2.80. The molecule has 0 aliphatic carbocycles. The molecule has 0 aliphatic rings. The minimum atomic E-state index is -0.516.